The van der Waals surface area contributed by atoms with Crippen molar-refractivity contribution in [1.29, 1.82) is 0 Å². The third-order valence-electron chi connectivity index (χ3n) is 3.30. The lowest BCUT2D eigenvalue weighted by molar-refractivity contribution is 0.502. The highest BCUT2D eigenvalue weighted by atomic mass is 15.4. The number of benzene rings is 1. The number of hydrogen-bond acceptors (Lipinski definition) is 3. The van der Waals surface area contributed by atoms with E-state index in [1.807, 2.05) is 4.68 Å². The second-order valence-electron chi connectivity index (χ2n) is 6.16. The van der Waals surface area contributed by atoms with Crippen LogP contribution in [-0.2, 0) is 12.0 Å². The van der Waals surface area contributed by atoms with Crippen LogP contribution in [0.15, 0.2) is 18.2 Å². The van der Waals surface area contributed by atoms with E-state index in [4.69, 9.17) is 5.73 Å². The monoisotopic (exact) mass is 258 g/mol. The van der Waals surface area contributed by atoms with Crippen LogP contribution in [-0.4, -0.2) is 15.0 Å². The van der Waals surface area contributed by atoms with Crippen molar-refractivity contribution in [1.82, 2.24) is 15.0 Å². The van der Waals surface area contributed by atoms with E-state index in [0.29, 0.717) is 12.4 Å². The molecule has 102 valence electrons. The molecule has 0 saturated carbocycles. The number of aromatic nitrogens is 3. The summed E-state index contributed by atoms with van der Waals surface area (Å²) in [6, 6.07) is 6.46. The van der Waals surface area contributed by atoms with Crippen molar-refractivity contribution in [3.63, 3.8) is 0 Å². The molecule has 2 rings (SSSR count). The van der Waals surface area contributed by atoms with Gasteiger partial charge in [-0.1, -0.05) is 49.7 Å². The van der Waals surface area contributed by atoms with Crippen LogP contribution in [0.1, 0.15) is 43.2 Å². The number of rotatable bonds is 2. The predicted octanol–water partition coefficient (Wildman–Crippen LogP) is 2.82. The molecule has 0 atom stereocenters. The quantitative estimate of drug-likeness (QED) is 0.901. The molecule has 19 heavy (non-hydrogen) atoms. The average molecular weight is 258 g/mol. The SMILES string of the molecule is Cc1ccc(C)c(Cn2nnc(N)c2C(C)(C)C)c1. The highest BCUT2D eigenvalue weighted by Crippen LogP contribution is 2.26. The first kappa shape index (κ1) is 13.6. The molecule has 2 N–H and O–H groups in total. The molecule has 0 saturated heterocycles. The van der Waals surface area contributed by atoms with Crippen molar-refractivity contribution in [3.05, 3.63) is 40.6 Å². The zero-order valence-electron chi connectivity index (χ0n) is 12.4. The Labute approximate surface area is 114 Å². The topological polar surface area (TPSA) is 56.7 Å². The van der Waals surface area contributed by atoms with Gasteiger partial charge in [-0.25, -0.2) is 4.68 Å². The molecule has 1 aromatic heterocycles. The maximum absolute atomic E-state index is 5.95. The molecule has 0 amide bonds. The summed E-state index contributed by atoms with van der Waals surface area (Å²) < 4.78 is 1.91. The van der Waals surface area contributed by atoms with E-state index in [1.54, 1.807) is 0 Å². The fourth-order valence-corrected chi connectivity index (χ4v) is 2.34. The number of nitrogens with two attached hydrogens (primary N) is 1. The van der Waals surface area contributed by atoms with Gasteiger partial charge in [0.1, 0.15) is 0 Å². The summed E-state index contributed by atoms with van der Waals surface area (Å²) >= 11 is 0. The summed E-state index contributed by atoms with van der Waals surface area (Å²) in [5.41, 5.74) is 10.7. The van der Waals surface area contributed by atoms with Crippen LogP contribution in [0, 0.1) is 13.8 Å². The number of anilines is 1. The van der Waals surface area contributed by atoms with Gasteiger partial charge in [0, 0.05) is 5.41 Å². The highest BCUT2D eigenvalue weighted by molar-refractivity contribution is 5.39. The van der Waals surface area contributed by atoms with Gasteiger partial charge < -0.3 is 5.73 Å². The van der Waals surface area contributed by atoms with Crippen molar-refractivity contribution >= 4 is 5.82 Å². The van der Waals surface area contributed by atoms with Crippen molar-refractivity contribution in [2.24, 2.45) is 0 Å². The van der Waals surface area contributed by atoms with Crippen molar-refractivity contribution in [2.75, 3.05) is 5.73 Å². The Balaban J connectivity index is 2.42. The molecule has 0 aliphatic heterocycles. The smallest absolute Gasteiger partial charge is 0.169 e. The molecular weight excluding hydrogens is 236 g/mol. The van der Waals surface area contributed by atoms with E-state index in [2.05, 4.69) is 63.1 Å². The second-order valence-corrected chi connectivity index (χ2v) is 6.16. The minimum atomic E-state index is -0.0642. The summed E-state index contributed by atoms with van der Waals surface area (Å²) in [6.45, 7) is 11.3. The van der Waals surface area contributed by atoms with Gasteiger partial charge >= 0.3 is 0 Å². The molecule has 2 aromatic rings. The minimum Gasteiger partial charge on any atom is -0.381 e. The fraction of sp³-hybridized carbons (Fsp3) is 0.467. The van der Waals surface area contributed by atoms with E-state index in [-0.39, 0.29) is 5.41 Å². The van der Waals surface area contributed by atoms with Crippen molar-refractivity contribution in [2.45, 2.75) is 46.6 Å². The fourth-order valence-electron chi connectivity index (χ4n) is 2.34. The molecular formula is C15H22N4. The first-order valence-electron chi connectivity index (χ1n) is 6.54. The van der Waals surface area contributed by atoms with Crippen LogP contribution in [0.4, 0.5) is 5.82 Å². The normalized spacial score (nSPS) is 11.8. The lowest BCUT2D eigenvalue weighted by Crippen LogP contribution is -2.20. The summed E-state index contributed by atoms with van der Waals surface area (Å²) in [5.74, 6) is 0.526. The molecule has 0 radical (unpaired) electrons. The van der Waals surface area contributed by atoms with Gasteiger partial charge in [-0.15, -0.1) is 5.10 Å². The standard InChI is InChI=1S/C15H22N4/c1-10-6-7-11(2)12(8-10)9-19-13(15(3,4)5)14(16)17-18-19/h6-8H,9,16H2,1-5H3. The Morgan fingerprint density at radius 2 is 1.89 bits per heavy atom. The van der Waals surface area contributed by atoms with Gasteiger partial charge in [0.25, 0.3) is 0 Å². The van der Waals surface area contributed by atoms with E-state index in [9.17, 15) is 0 Å². The number of nitrogen functional groups attached to an aromatic ring is 1. The van der Waals surface area contributed by atoms with Crippen LogP contribution in [0.3, 0.4) is 0 Å². The molecule has 0 unspecified atom stereocenters. The molecule has 4 nitrogen and oxygen atoms in total. The van der Waals surface area contributed by atoms with Crippen LogP contribution in [0.2, 0.25) is 0 Å². The zero-order chi connectivity index (χ0) is 14.2. The highest BCUT2D eigenvalue weighted by Gasteiger charge is 2.24. The molecule has 0 bridgehead atoms. The largest absolute Gasteiger partial charge is 0.381 e. The van der Waals surface area contributed by atoms with E-state index in [1.165, 1.54) is 16.7 Å². The summed E-state index contributed by atoms with van der Waals surface area (Å²) in [7, 11) is 0. The van der Waals surface area contributed by atoms with E-state index >= 15 is 0 Å². The lowest BCUT2D eigenvalue weighted by atomic mass is 9.91. The number of hydrogen-bond donors (Lipinski definition) is 1. The van der Waals surface area contributed by atoms with Gasteiger partial charge in [-0.2, -0.15) is 0 Å². The Hall–Kier alpha value is -1.84. The maximum Gasteiger partial charge on any atom is 0.169 e. The third kappa shape index (κ3) is 2.78. The maximum atomic E-state index is 5.95. The van der Waals surface area contributed by atoms with Crippen molar-refractivity contribution in [3.8, 4) is 0 Å². The predicted molar refractivity (Wildman–Crippen MR) is 78.2 cm³/mol. The zero-order valence-corrected chi connectivity index (χ0v) is 12.4. The molecule has 1 heterocycles. The van der Waals surface area contributed by atoms with Crippen LogP contribution < -0.4 is 5.73 Å². The average Bonchev–Trinajstić information content (AvgIpc) is 2.64. The number of aryl methyl sites for hydroxylation is 2. The Morgan fingerprint density at radius 3 is 2.53 bits per heavy atom. The second kappa shape index (κ2) is 4.68. The van der Waals surface area contributed by atoms with Crippen LogP contribution in [0.5, 0.6) is 0 Å². The number of nitrogens with zero attached hydrogens (tertiary/aromatic N) is 3. The van der Waals surface area contributed by atoms with Crippen LogP contribution >= 0.6 is 0 Å². The van der Waals surface area contributed by atoms with Crippen molar-refractivity contribution < 1.29 is 0 Å². The van der Waals surface area contributed by atoms with Gasteiger partial charge in [-0.05, 0) is 25.0 Å². The van der Waals surface area contributed by atoms with Gasteiger partial charge in [-0.3, -0.25) is 0 Å². The molecule has 0 aliphatic carbocycles. The summed E-state index contributed by atoms with van der Waals surface area (Å²) in [6.07, 6.45) is 0. The Morgan fingerprint density at radius 1 is 1.21 bits per heavy atom. The third-order valence-corrected chi connectivity index (χ3v) is 3.30. The Bertz CT molecular complexity index is 591. The summed E-state index contributed by atoms with van der Waals surface area (Å²) in [5, 5.41) is 8.21. The first-order chi connectivity index (χ1) is 8.79. The van der Waals surface area contributed by atoms with Gasteiger partial charge in [0.05, 0.1) is 12.2 Å². The first-order valence-corrected chi connectivity index (χ1v) is 6.54. The minimum absolute atomic E-state index is 0.0642. The molecule has 4 heteroatoms. The molecule has 0 fully saturated rings. The Kier molecular flexibility index (Phi) is 3.35. The van der Waals surface area contributed by atoms with Gasteiger partial charge in [0.15, 0.2) is 5.82 Å². The molecule has 1 aromatic carbocycles. The van der Waals surface area contributed by atoms with Gasteiger partial charge in [0.2, 0.25) is 0 Å². The molecule has 0 spiro atoms. The lowest BCUT2D eigenvalue weighted by Gasteiger charge is -2.20. The summed E-state index contributed by atoms with van der Waals surface area (Å²) in [4.78, 5) is 0. The van der Waals surface area contributed by atoms with Crippen LogP contribution in [0.25, 0.3) is 0 Å². The molecule has 0 aliphatic rings. The van der Waals surface area contributed by atoms with E-state index < -0.39 is 0 Å². The van der Waals surface area contributed by atoms with E-state index in [0.717, 1.165) is 5.69 Å².